The van der Waals surface area contributed by atoms with Crippen LogP contribution in [0.15, 0.2) is 12.2 Å². The molecule has 1 amide bonds. The van der Waals surface area contributed by atoms with Gasteiger partial charge in [-0.2, -0.15) is 0 Å². The molecule has 2 nitrogen and oxygen atoms in total. The fraction of sp³-hybridized carbons (Fsp3) is 0.750. The highest BCUT2D eigenvalue weighted by atomic mass is 16.2. The molecule has 1 heterocycles. The molecule has 0 spiro atoms. The highest BCUT2D eigenvalue weighted by Gasteiger charge is 2.43. The second-order valence-electron chi connectivity index (χ2n) is 4.45. The van der Waals surface area contributed by atoms with Gasteiger partial charge in [0.25, 0.3) is 5.91 Å². The molecule has 1 aliphatic heterocycles. The Kier molecular flexibility index (Phi) is 2.62. The summed E-state index contributed by atoms with van der Waals surface area (Å²) in [6.07, 6.45) is 7.36. The number of rotatable bonds is 2. The molecule has 1 saturated carbocycles. The quantitative estimate of drug-likeness (QED) is 0.487. The van der Waals surface area contributed by atoms with Gasteiger partial charge in [0, 0.05) is 11.6 Å². The van der Waals surface area contributed by atoms with Crippen LogP contribution in [0.1, 0.15) is 45.4 Å². The van der Waals surface area contributed by atoms with Crippen LogP contribution in [-0.2, 0) is 4.79 Å². The Hall–Kier alpha value is -0.790. The minimum Gasteiger partial charge on any atom is -0.329 e. The van der Waals surface area contributed by atoms with Crippen molar-refractivity contribution < 1.29 is 4.79 Å². The van der Waals surface area contributed by atoms with Crippen molar-refractivity contribution in [3.63, 3.8) is 0 Å². The molecule has 14 heavy (non-hydrogen) atoms. The van der Waals surface area contributed by atoms with Crippen LogP contribution in [0, 0.1) is 0 Å². The minimum absolute atomic E-state index is 0.212. The Morgan fingerprint density at radius 3 is 2.57 bits per heavy atom. The molecule has 0 aromatic heterocycles. The molecular weight excluding hydrogens is 174 g/mol. The number of β-lactam (4-membered cyclic amide) rings is 1. The number of amides is 1. The van der Waals surface area contributed by atoms with Crippen LogP contribution in [0.25, 0.3) is 0 Å². The molecule has 1 aliphatic carbocycles. The molecule has 2 rings (SSSR count). The fourth-order valence-corrected chi connectivity index (χ4v) is 2.77. The third-order valence-electron chi connectivity index (χ3n) is 3.60. The molecule has 0 bridgehead atoms. The predicted molar refractivity (Wildman–Crippen MR) is 56.9 cm³/mol. The van der Waals surface area contributed by atoms with Gasteiger partial charge in [0.2, 0.25) is 0 Å². The van der Waals surface area contributed by atoms with Crippen LogP contribution in [0.3, 0.4) is 0 Å². The van der Waals surface area contributed by atoms with E-state index in [4.69, 9.17) is 0 Å². The number of likely N-dealkylation sites (tertiary alicyclic amines) is 1. The number of carbonyl (C=O) groups excluding carboxylic acids is 1. The normalized spacial score (nSPS) is 29.2. The van der Waals surface area contributed by atoms with E-state index in [1.165, 1.54) is 32.1 Å². The summed E-state index contributed by atoms with van der Waals surface area (Å²) in [4.78, 5) is 13.7. The van der Waals surface area contributed by atoms with E-state index in [0.29, 0.717) is 12.1 Å². The van der Waals surface area contributed by atoms with Gasteiger partial charge in [0.1, 0.15) is 0 Å². The first-order valence-electron chi connectivity index (χ1n) is 5.77. The predicted octanol–water partition coefficient (Wildman–Crippen LogP) is 2.50. The second-order valence-corrected chi connectivity index (χ2v) is 4.45. The highest BCUT2D eigenvalue weighted by molar-refractivity contribution is 6.01. The third-order valence-corrected chi connectivity index (χ3v) is 3.60. The Morgan fingerprint density at radius 1 is 1.36 bits per heavy atom. The van der Waals surface area contributed by atoms with Crippen molar-refractivity contribution >= 4 is 5.91 Å². The van der Waals surface area contributed by atoms with Crippen molar-refractivity contribution in [3.8, 4) is 0 Å². The number of hydrogen-bond donors (Lipinski definition) is 0. The van der Waals surface area contributed by atoms with Crippen LogP contribution in [-0.4, -0.2) is 22.9 Å². The van der Waals surface area contributed by atoms with E-state index in [1.807, 2.05) is 0 Å². The highest BCUT2D eigenvalue weighted by Crippen LogP contribution is 2.34. The number of nitrogens with zero attached hydrogens (tertiary/aromatic N) is 1. The van der Waals surface area contributed by atoms with Gasteiger partial charge >= 0.3 is 0 Å². The maximum Gasteiger partial charge on any atom is 0.252 e. The standard InChI is InChI=1S/C12H19NO/c1-3-11-9(2)12(14)13(11)10-7-5-4-6-8-10/h10-11H,2-8H2,1H3. The van der Waals surface area contributed by atoms with Crippen molar-refractivity contribution in [2.75, 3.05) is 0 Å². The first kappa shape index (κ1) is 9.75. The van der Waals surface area contributed by atoms with E-state index in [1.54, 1.807) is 0 Å². The molecule has 1 unspecified atom stereocenters. The van der Waals surface area contributed by atoms with Gasteiger partial charge in [-0.25, -0.2) is 0 Å². The number of carbonyl (C=O) groups is 1. The summed E-state index contributed by atoms with van der Waals surface area (Å²) in [5.74, 6) is 0.212. The molecular formula is C12H19NO. The zero-order chi connectivity index (χ0) is 10.1. The van der Waals surface area contributed by atoms with Crippen molar-refractivity contribution in [2.24, 2.45) is 0 Å². The average Bonchev–Trinajstić information content (AvgIpc) is 2.25. The summed E-state index contributed by atoms with van der Waals surface area (Å²) in [6, 6.07) is 0.872. The Bertz CT molecular complexity index is 253. The second kappa shape index (κ2) is 3.76. The van der Waals surface area contributed by atoms with Gasteiger partial charge in [0.15, 0.2) is 0 Å². The maximum absolute atomic E-state index is 11.7. The van der Waals surface area contributed by atoms with E-state index in [-0.39, 0.29) is 5.91 Å². The van der Waals surface area contributed by atoms with E-state index < -0.39 is 0 Å². The van der Waals surface area contributed by atoms with Gasteiger partial charge in [-0.1, -0.05) is 32.8 Å². The van der Waals surface area contributed by atoms with E-state index >= 15 is 0 Å². The summed E-state index contributed by atoms with van der Waals surface area (Å²) < 4.78 is 0. The monoisotopic (exact) mass is 193 g/mol. The van der Waals surface area contributed by atoms with E-state index in [0.717, 1.165) is 12.0 Å². The molecule has 1 atom stereocenters. The van der Waals surface area contributed by atoms with Crippen LogP contribution < -0.4 is 0 Å². The summed E-state index contributed by atoms with van der Waals surface area (Å²) in [6.45, 7) is 5.98. The lowest BCUT2D eigenvalue weighted by Crippen LogP contribution is -2.59. The summed E-state index contributed by atoms with van der Waals surface area (Å²) in [7, 11) is 0. The average molecular weight is 193 g/mol. The molecule has 0 aromatic rings. The Morgan fingerprint density at radius 2 is 2.00 bits per heavy atom. The molecule has 0 N–H and O–H groups in total. The lowest BCUT2D eigenvalue weighted by atomic mass is 9.85. The molecule has 78 valence electrons. The minimum atomic E-state index is 0.212. The van der Waals surface area contributed by atoms with E-state index in [9.17, 15) is 4.79 Å². The summed E-state index contributed by atoms with van der Waals surface area (Å²) in [5, 5.41) is 0. The molecule has 2 heteroatoms. The van der Waals surface area contributed by atoms with Gasteiger partial charge in [0.05, 0.1) is 6.04 Å². The smallest absolute Gasteiger partial charge is 0.252 e. The van der Waals surface area contributed by atoms with Crippen molar-refractivity contribution in [1.82, 2.24) is 4.90 Å². The zero-order valence-electron chi connectivity index (χ0n) is 8.96. The van der Waals surface area contributed by atoms with Crippen molar-refractivity contribution in [1.29, 1.82) is 0 Å². The van der Waals surface area contributed by atoms with Gasteiger partial charge in [-0.05, 0) is 19.3 Å². The molecule has 2 aliphatic rings. The lowest BCUT2D eigenvalue weighted by molar-refractivity contribution is -0.141. The fourth-order valence-electron chi connectivity index (χ4n) is 2.77. The third kappa shape index (κ3) is 1.37. The molecule has 0 radical (unpaired) electrons. The summed E-state index contributed by atoms with van der Waals surface area (Å²) >= 11 is 0. The maximum atomic E-state index is 11.7. The lowest BCUT2D eigenvalue weighted by Gasteiger charge is -2.48. The molecule has 0 aromatic carbocycles. The first-order chi connectivity index (χ1) is 6.75. The van der Waals surface area contributed by atoms with Crippen LogP contribution >= 0.6 is 0 Å². The van der Waals surface area contributed by atoms with E-state index in [2.05, 4.69) is 18.4 Å². The SMILES string of the molecule is C=C1C(=O)N(C2CCCCC2)C1CC. The topological polar surface area (TPSA) is 20.3 Å². The van der Waals surface area contributed by atoms with Crippen molar-refractivity contribution in [3.05, 3.63) is 12.2 Å². The Balaban J connectivity index is 2.02. The van der Waals surface area contributed by atoms with Crippen LogP contribution in [0.2, 0.25) is 0 Å². The molecule has 1 saturated heterocycles. The Labute approximate surface area is 86.0 Å². The van der Waals surface area contributed by atoms with Gasteiger partial charge in [-0.3, -0.25) is 4.79 Å². The zero-order valence-corrected chi connectivity index (χ0v) is 8.96. The first-order valence-corrected chi connectivity index (χ1v) is 5.77. The van der Waals surface area contributed by atoms with Crippen molar-refractivity contribution in [2.45, 2.75) is 57.5 Å². The summed E-state index contributed by atoms with van der Waals surface area (Å²) in [5.41, 5.74) is 0.832. The van der Waals surface area contributed by atoms with Crippen LogP contribution in [0.4, 0.5) is 0 Å². The van der Waals surface area contributed by atoms with Gasteiger partial charge in [-0.15, -0.1) is 0 Å². The largest absolute Gasteiger partial charge is 0.329 e. The van der Waals surface area contributed by atoms with Crippen LogP contribution in [0.5, 0.6) is 0 Å². The van der Waals surface area contributed by atoms with Gasteiger partial charge < -0.3 is 4.90 Å². The number of hydrogen-bond acceptors (Lipinski definition) is 1. The molecule has 2 fully saturated rings.